The highest BCUT2D eigenvalue weighted by Gasteiger charge is 2.51. The summed E-state index contributed by atoms with van der Waals surface area (Å²) in [5.41, 5.74) is 18.1. The molecule has 2 aliphatic rings. The summed E-state index contributed by atoms with van der Waals surface area (Å²) in [5, 5.41) is 4.86. The van der Waals surface area contributed by atoms with Crippen molar-refractivity contribution < 1.29 is 4.74 Å². The molecule has 3 aromatic heterocycles. The fraction of sp³-hybridized carbons (Fsp3) is 0.0143. The zero-order valence-electron chi connectivity index (χ0n) is 41.0. The number of fused-ring (bicyclic) bond motifs is 16. The lowest BCUT2D eigenvalue weighted by Gasteiger charge is -2.39. The highest BCUT2D eigenvalue weighted by Crippen LogP contribution is 2.64. The maximum atomic E-state index is 6.81. The molecular formula is C70H43N5O. The van der Waals surface area contributed by atoms with Gasteiger partial charge in [0.25, 0.3) is 0 Å². The molecule has 0 bridgehead atoms. The third-order valence-electron chi connectivity index (χ3n) is 15.8. The van der Waals surface area contributed by atoms with Gasteiger partial charge in [-0.1, -0.05) is 188 Å². The van der Waals surface area contributed by atoms with Gasteiger partial charge in [0, 0.05) is 60.7 Å². The quantitative estimate of drug-likeness (QED) is 0.167. The summed E-state index contributed by atoms with van der Waals surface area (Å²) in [6.45, 7) is 0. The largest absolute Gasteiger partial charge is 0.457 e. The highest BCUT2D eigenvalue weighted by molar-refractivity contribution is 6.29. The van der Waals surface area contributed by atoms with Crippen molar-refractivity contribution in [2.24, 2.45) is 0 Å². The number of para-hydroxylation sites is 5. The molecule has 14 aromatic rings. The van der Waals surface area contributed by atoms with Gasteiger partial charge < -0.3 is 13.9 Å². The molecule has 0 saturated carbocycles. The Morgan fingerprint density at radius 2 is 0.776 bits per heavy atom. The van der Waals surface area contributed by atoms with Crippen LogP contribution in [0.4, 0.5) is 0 Å². The molecule has 1 spiro atoms. The second-order valence-electron chi connectivity index (χ2n) is 19.8. The molecule has 11 aromatic carbocycles. The predicted octanol–water partition coefficient (Wildman–Crippen LogP) is 17.2. The summed E-state index contributed by atoms with van der Waals surface area (Å²) >= 11 is 0. The second-order valence-corrected chi connectivity index (χ2v) is 19.8. The average molecular weight is 970 g/mol. The first-order valence-electron chi connectivity index (χ1n) is 25.8. The Morgan fingerprint density at radius 3 is 1.39 bits per heavy atom. The van der Waals surface area contributed by atoms with Crippen LogP contribution in [0.5, 0.6) is 11.5 Å². The van der Waals surface area contributed by atoms with Crippen LogP contribution < -0.4 is 4.74 Å². The highest BCUT2D eigenvalue weighted by atomic mass is 16.5. The standard InChI is InChI=1S/C70H43N5O/c1-5-20-44(21-6-1)67-71-68(45-22-7-2-8-23-45)73-69(72-67)47-36-38-54-52(43-47)64-50(29-19-32-57(64)70(54)55-30-14-17-34-62(55)76-63-35-18-15-31-56(63)70)46-37-39-59-53(42-46)66-61(75(59)49-26-11-4-12-27-49)41-40-60-65(66)51-28-13-16-33-58(51)74(60)48-24-9-3-10-25-48/h1-43H. The van der Waals surface area contributed by atoms with E-state index >= 15 is 0 Å². The number of rotatable bonds is 6. The predicted molar refractivity (Wildman–Crippen MR) is 308 cm³/mol. The van der Waals surface area contributed by atoms with Gasteiger partial charge >= 0.3 is 0 Å². The fourth-order valence-corrected chi connectivity index (χ4v) is 12.7. The molecule has 1 aliphatic carbocycles. The number of hydrogen-bond acceptors (Lipinski definition) is 4. The van der Waals surface area contributed by atoms with Crippen LogP contribution in [-0.4, -0.2) is 24.1 Å². The van der Waals surface area contributed by atoms with E-state index in [4.69, 9.17) is 19.7 Å². The third kappa shape index (κ3) is 6.06. The van der Waals surface area contributed by atoms with Crippen molar-refractivity contribution in [1.82, 2.24) is 24.1 Å². The molecule has 0 unspecified atom stereocenters. The van der Waals surface area contributed by atoms with Gasteiger partial charge in [0.1, 0.15) is 11.5 Å². The van der Waals surface area contributed by atoms with Crippen molar-refractivity contribution in [3.63, 3.8) is 0 Å². The Kier molecular flexibility index (Phi) is 9.15. The van der Waals surface area contributed by atoms with Gasteiger partial charge in [-0.15, -0.1) is 0 Å². The maximum absolute atomic E-state index is 6.81. The van der Waals surface area contributed by atoms with E-state index in [1.807, 2.05) is 36.4 Å². The lowest BCUT2D eigenvalue weighted by Crippen LogP contribution is -2.32. The lowest BCUT2D eigenvalue weighted by atomic mass is 9.66. The van der Waals surface area contributed by atoms with E-state index < -0.39 is 5.41 Å². The van der Waals surface area contributed by atoms with Gasteiger partial charge in [-0.05, 0) is 106 Å². The minimum Gasteiger partial charge on any atom is -0.457 e. The average Bonchev–Trinajstić information content (AvgIpc) is 4.19. The molecular weight excluding hydrogens is 927 g/mol. The van der Waals surface area contributed by atoms with E-state index in [0.29, 0.717) is 17.5 Å². The summed E-state index contributed by atoms with van der Waals surface area (Å²) < 4.78 is 11.7. The van der Waals surface area contributed by atoms with Gasteiger partial charge in [0.2, 0.25) is 0 Å². The molecule has 0 radical (unpaired) electrons. The normalized spacial score (nSPS) is 12.9. The first kappa shape index (κ1) is 42.3. The fourth-order valence-electron chi connectivity index (χ4n) is 12.7. The van der Waals surface area contributed by atoms with Crippen molar-refractivity contribution in [3.05, 3.63) is 283 Å². The molecule has 6 nitrogen and oxygen atoms in total. The molecule has 0 amide bonds. The zero-order valence-corrected chi connectivity index (χ0v) is 41.0. The number of nitrogens with zero attached hydrogens (tertiary/aromatic N) is 5. The Hall–Kier alpha value is -10.2. The van der Waals surface area contributed by atoms with E-state index in [2.05, 4.69) is 234 Å². The first-order valence-corrected chi connectivity index (χ1v) is 25.8. The topological polar surface area (TPSA) is 57.8 Å². The Balaban J connectivity index is 0.995. The van der Waals surface area contributed by atoms with Crippen LogP contribution in [0.2, 0.25) is 0 Å². The van der Waals surface area contributed by atoms with E-state index in [0.717, 1.165) is 78.4 Å². The van der Waals surface area contributed by atoms with Crippen molar-refractivity contribution in [2.45, 2.75) is 5.41 Å². The van der Waals surface area contributed by atoms with Crippen LogP contribution in [0.1, 0.15) is 22.3 Å². The van der Waals surface area contributed by atoms with Crippen molar-refractivity contribution >= 4 is 43.6 Å². The van der Waals surface area contributed by atoms with Crippen LogP contribution in [0, 0.1) is 0 Å². The molecule has 1 aliphatic heterocycles. The van der Waals surface area contributed by atoms with Gasteiger partial charge in [0.15, 0.2) is 17.5 Å². The third-order valence-corrected chi connectivity index (χ3v) is 15.8. The summed E-state index contributed by atoms with van der Waals surface area (Å²) in [7, 11) is 0. The summed E-state index contributed by atoms with van der Waals surface area (Å²) in [6.07, 6.45) is 0. The molecule has 0 N–H and O–H groups in total. The maximum Gasteiger partial charge on any atom is 0.164 e. The van der Waals surface area contributed by atoms with Crippen molar-refractivity contribution in [2.75, 3.05) is 0 Å². The minimum atomic E-state index is -0.701. The Morgan fingerprint density at radius 1 is 0.303 bits per heavy atom. The van der Waals surface area contributed by atoms with Gasteiger partial charge in [-0.2, -0.15) is 0 Å². The summed E-state index contributed by atoms with van der Waals surface area (Å²) in [4.78, 5) is 15.6. The van der Waals surface area contributed by atoms with Gasteiger partial charge in [-0.25, -0.2) is 15.0 Å². The van der Waals surface area contributed by atoms with Crippen LogP contribution in [0.25, 0.3) is 111 Å². The van der Waals surface area contributed by atoms with E-state index in [9.17, 15) is 0 Å². The summed E-state index contributed by atoms with van der Waals surface area (Å²) in [5.74, 6) is 3.55. The number of aromatic nitrogens is 5. The summed E-state index contributed by atoms with van der Waals surface area (Å²) in [6, 6.07) is 93.3. The van der Waals surface area contributed by atoms with E-state index in [1.54, 1.807) is 0 Å². The van der Waals surface area contributed by atoms with Gasteiger partial charge in [0.05, 0.1) is 27.5 Å². The molecule has 4 heterocycles. The Bertz CT molecular complexity index is 4550. The smallest absolute Gasteiger partial charge is 0.164 e. The van der Waals surface area contributed by atoms with E-state index in [1.165, 1.54) is 49.3 Å². The molecule has 354 valence electrons. The second kappa shape index (κ2) is 16.4. The van der Waals surface area contributed by atoms with Crippen LogP contribution in [0.15, 0.2) is 261 Å². The van der Waals surface area contributed by atoms with Crippen LogP contribution in [-0.2, 0) is 5.41 Å². The molecule has 0 atom stereocenters. The minimum absolute atomic E-state index is 0.608. The first-order chi connectivity index (χ1) is 37.7. The molecule has 0 saturated heterocycles. The molecule has 6 heteroatoms. The van der Waals surface area contributed by atoms with Gasteiger partial charge in [-0.3, -0.25) is 0 Å². The van der Waals surface area contributed by atoms with Crippen molar-refractivity contribution in [3.8, 4) is 79.3 Å². The Labute approximate surface area is 438 Å². The lowest BCUT2D eigenvalue weighted by molar-refractivity contribution is 0.436. The van der Waals surface area contributed by atoms with Crippen LogP contribution >= 0.6 is 0 Å². The zero-order chi connectivity index (χ0) is 49.9. The number of ether oxygens (including phenoxy) is 1. The monoisotopic (exact) mass is 969 g/mol. The molecule has 76 heavy (non-hydrogen) atoms. The molecule has 0 fully saturated rings. The van der Waals surface area contributed by atoms with Crippen LogP contribution in [0.3, 0.4) is 0 Å². The number of hydrogen-bond donors (Lipinski definition) is 0. The SMILES string of the molecule is c1ccc(-c2nc(-c3ccccc3)nc(-c3ccc4c(c3)-c3c(-c5ccc6c(c5)c5c7c8ccccc8n(-c8ccccc8)c7ccc5n6-c5ccccc5)cccc3C43c4ccccc4Oc4ccccc43)n2)cc1. The van der Waals surface area contributed by atoms with E-state index in [-0.39, 0.29) is 0 Å². The number of benzene rings is 11. The molecule has 16 rings (SSSR count). The van der Waals surface area contributed by atoms with Crippen molar-refractivity contribution in [1.29, 1.82) is 0 Å².